The zero-order valence-electron chi connectivity index (χ0n) is 17.8. The van der Waals surface area contributed by atoms with Crippen LogP contribution in [0.3, 0.4) is 0 Å². The Balaban J connectivity index is 2.68. The van der Waals surface area contributed by atoms with E-state index in [2.05, 4.69) is 34.6 Å². The maximum Gasteiger partial charge on any atom is 0.312 e. The molecule has 1 heterocycles. The monoisotopic (exact) mass is 367 g/mol. The summed E-state index contributed by atoms with van der Waals surface area (Å²) in [5.74, 6) is 0.212. The van der Waals surface area contributed by atoms with Crippen molar-refractivity contribution in [2.24, 2.45) is 5.41 Å². The van der Waals surface area contributed by atoms with Crippen LogP contribution < -0.4 is 0 Å². The zero-order valence-corrected chi connectivity index (χ0v) is 17.8. The Kier molecular flexibility index (Phi) is 10.3. The van der Waals surface area contributed by atoms with Gasteiger partial charge in [0.05, 0.1) is 5.41 Å². The molecule has 0 N–H and O–H groups in total. The number of carbonyl (C=O) groups is 2. The molecule has 26 heavy (non-hydrogen) atoms. The molecule has 1 fully saturated rings. The predicted octanol–water partition coefficient (Wildman–Crippen LogP) is 5.49. The Bertz CT molecular complexity index is 437. The molecule has 3 atom stereocenters. The molecule has 1 rings (SSSR count). The third-order valence-electron chi connectivity index (χ3n) is 5.85. The van der Waals surface area contributed by atoms with Crippen LogP contribution in [0.2, 0.25) is 0 Å². The zero-order chi connectivity index (χ0) is 19.6. The molecule has 0 aromatic heterocycles. The van der Waals surface area contributed by atoms with E-state index in [1.54, 1.807) is 0 Å². The van der Waals surface area contributed by atoms with Crippen molar-refractivity contribution in [3.8, 4) is 0 Å². The minimum atomic E-state index is -0.375. The van der Waals surface area contributed by atoms with Crippen molar-refractivity contribution in [1.29, 1.82) is 0 Å². The lowest BCUT2D eigenvalue weighted by Gasteiger charge is -2.33. The third-order valence-corrected chi connectivity index (χ3v) is 5.85. The Morgan fingerprint density at radius 1 is 1.15 bits per heavy atom. The van der Waals surface area contributed by atoms with E-state index >= 15 is 0 Å². The maximum atomic E-state index is 12.9. The lowest BCUT2D eigenvalue weighted by atomic mass is 9.81. The largest absolute Gasteiger partial charge is 0.462 e. The van der Waals surface area contributed by atoms with Crippen LogP contribution in [0.4, 0.5) is 0 Å². The van der Waals surface area contributed by atoms with Crippen LogP contribution in [-0.4, -0.2) is 35.5 Å². The van der Waals surface area contributed by atoms with E-state index in [1.807, 2.05) is 4.90 Å². The van der Waals surface area contributed by atoms with Crippen LogP contribution in [0.1, 0.15) is 105 Å². The van der Waals surface area contributed by atoms with Gasteiger partial charge in [-0.1, -0.05) is 46.5 Å². The maximum absolute atomic E-state index is 12.9. The molecule has 1 amide bonds. The number of nitrogens with zero attached hydrogens (tertiary/aromatic N) is 1. The lowest BCUT2D eigenvalue weighted by Crippen LogP contribution is -2.41. The van der Waals surface area contributed by atoms with Gasteiger partial charge in [-0.3, -0.25) is 9.59 Å². The van der Waals surface area contributed by atoms with Gasteiger partial charge in [0.2, 0.25) is 5.91 Å². The third kappa shape index (κ3) is 6.92. The predicted molar refractivity (Wildman–Crippen MR) is 107 cm³/mol. The van der Waals surface area contributed by atoms with Crippen LogP contribution in [0.25, 0.3) is 0 Å². The lowest BCUT2D eigenvalue weighted by molar-refractivity contribution is -0.163. The highest BCUT2D eigenvalue weighted by atomic mass is 16.5. The van der Waals surface area contributed by atoms with Gasteiger partial charge in [0.25, 0.3) is 0 Å². The number of esters is 1. The van der Waals surface area contributed by atoms with E-state index in [1.165, 1.54) is 0 Å². The average Bonchev–Trinajstić information content (AvgIpc) is 2.83. The quantitative estimate of drug-likeness (QED) is 0.454. The molecule has 3 unspecified atom stereocenters. The normalized spacial score (nSPS) is 20.2. The van der Waals surface area contributed by atoms with Crippen molar-refractivity contribution in [1.82, 2.24) is 4.90 Å². The van der Waals surface area contributed by atoms with Crippen molar-refractivity contribution < 1.29 is 14.3 Å². The molecule has 0 aromatic carbocycles. The fourth-order valence-corrected chi connectivity index (χ4v) is 4.02. The summed E-state index contributed by atoms with van der Waals surface area (Å²) >= 11 is 0. The highest BCUT2D eigenvalue weighted by molar-refractivity contribution is 5.77. The first kappa shape index (κ1) is 23.0. The molecule has 1 aliphatic heterocycles. The summed E-state index contributed by atoms with van der Waals surface area (Å²) in [6.07, 6.45) is 10.2. The van der Waals surface area contributed by atoms with Crippen LogP contribution in [0.15, 0.2) is 0 Å². The fourth-order valence-electron chi connectivity index (χ4n) is 4.02. The Morgan fingerprint density at radius 3 is 2.50 bits per heavy atom. The van der Waals surface area contributed by atoms with Gasteiger partial charge in [-0.05, 0) is 46.0 Å². The number of ether oxygens (including phenoxy) is 1. The molecule has 0 aromatic rings. The second-order valence-corrected chi connectivity index (χ2v) is 8.33. The van der Waals surface area contributed by atoms with Crippen LogP contribution in [0.5, 0.6) is 0 Å². The van der Waals surface area contributed by atoms with Gasteiger partial charge in [-0.2, -0.15) is 0 Å². The van der Waals surface area contributed by atoms with Crippen LogP contribution in [0, 0.1) is 5.41 Å². The number of hydrogen-bond donors (Lipinski definition) is 0. The number of carbonyl (C=O) groups excluding carboxylic acids is 2. The minimum absolute atomic E-state index is 0.0472. The van der Waals surface area contributed by atoms with Crippen LogP contribution >= 0.6 is 0 Å². The standard InChI is InChI=1S/C22H41NO3/c1-6-9-15-22(5,14-7-2)21(25)26-19(8-3)17-18(4)23-16-12-10-11-13-20(23)24/h18-19H,6-17H2,1-5H3. The van der Waals surface area contributed by atoms with Crippen LogP contribution in [-0.2, 0) is 14.3 Å². The molecule has 0 saturated carbocycles. The number of likely N-dealkylation sites (tertiary alicyclic amines) is 1. The minimum Gasteiger partial charge on any atom is -0.462 e. The van der Waals surface area contributed by atoms with E-state index in [0.29, 0.717) is 6.42 Å². The van der Waals surface area contributed by atoms with Crippen molar-refractivity contribution in [3.05, 3.63) is 0 Å². The highest BCUT2D eigenvalue weighted by Crippen LogP contribution is 2.32. The van der Waals surface area contributed by atoms with Gasteiger partial charge < -0.3 is 9.64 Å². The Morgan fingerprint density at radius 2 is 1.88 bits per heavy atom. The molecule has 0 radical (unpaired) electrons. The summed E-state index contributed by atoms with van der Waals surface area (Å²) in [6, 6.07) is 0.131. The van der Waals surface area contributed by atoms with Gasteiger partial charge in [-0.25, -0.2) is 0 Å². The molecule has 4 heteroatoms. The first-order valence-electron chi connectivity index (χ1n) is 10.9. The smallest absolute Gasteiger partial charge is 0.312 e. The summed E-state index contributed by atoms with van der Waals surface area (Å²) < 4.78 is 5.97. The van der Waals surface area contributed by atoms with Crippen molar-refractivity contribution in [2.75, 3.05) is 6.54 Å². The molecule has 4 nitrogen and oxygen atoms in total. The summed E-state index contributed by atoms with van der Waals surface area (Å²) in [5, 5.41) is 0. The summed E-state index contributed by atoms with van der Waals surface area (Å²) in [6.45, 7) is 11.4. The molecular weight excluding hydrogens is 326 g/mol. The Hall–Kier alpha value is -1.06. The number of amides is 1. The number of rotatable bonds is 11. The topological polar surface area (TPSA) is 46.6 Å². The first-order valence-corrected chi connectivity index (χ1v) is 10.9. The second kappa shape index (κ2) is 11.6. The Labute approximate surface area is 161 Å². The molecule has 0 bridgehead atoms. The summed E-state index contributed by atoms with van der Waals surface area (Å²) in [4.78, 5) is 27.2. The summed E-state index contributed by atoms with van der Waals surface area (Å²) in [7, 11) is 0. The molecule has 0 aliphatic carbocycles. The fraction of sp³-hybridized carbons (Fsp3) is 0.909. The summed E-state index contributed by atoms with van der Waals surface area (Å²) in [5.41, 5.74) is -0.375. The molecule has 0 spiro atoms. The van der Waals surface area contributed by atoms with Gasteiger partial charge in [0, 0.05) is 25.4 Å². The number of unbranched alkanes of at least 4 members (excludes halogenated alkanes) is 1. The molecule has 152 valence electrons. The van der Waals surface area contributed by atoms with Gasteiger partial charge in [0.15, 0.2) is 0 Å². The van der Waals surface area contributed by atoms with E-state index < -0.39 is 0 Å². The van der Waals surface area contributed by atoms with E-state index in [9.17, 15) is 9.59 Å². The highest BCUT2D eigenvalue weighted by Gasteiger charge is 2.35. The van der Waals surface area contributed by atoms with Gasteiger partial charge in [0.1, 0.15) is 6.10 Å². The van der Waals surface area contributed by atoms with Gasteiger partial charge in [-0.15, -0.1) is 0 Å². The molecule has 1 saturated heterocycles. The molecular formula is C22H41NO3. The number of hydrogen-bond acceptors (Lipinski definition) is 3. The SMILES string of the molecule is CCCCC(C)(CCC)C(=O)OC(CC)CC(C)N1CCCCCC1=O. The van der Waals surface area contributed by atoms with E-state index in [4.69, 9.17) is 4.74 Å². The van der Waals surface area contributed by atoms with E-state index in [-0.39, 0.29) is 29.4 Å². The molecule has 1 aliphatic rings. The van der Waals surface area contributed by atoms with Gasteiger partial charge >= 0.3 is 5.97 Å². The average molecular weight is 368 g/mol. The van der Waals surface area contributed by atoms with Crippen molar-refractivity contribution in [2.45, 2.75) is 117 Å². The van der Waals surface area contributed by atoms with E-state index in [0.717, 1.165) is 70.8 Å². The van der Waals surface area contributed by atoms with Crippen molar-refractivity contribution in [3.63, 3.8) is 0 Å². The first-order chi connectivity index (χ1) is 12.4. The second-order valence-electron chi connectivity index (χ2n) is 8.33. The van der Waals surface area contributed by atoms with Crippen molar-refractivity contribution >= 4 is 11.9 Å².